The van der Waals surface area contributed by atoms with Gasteiger partial charge in [-0.2, -0.15) is 0 Å². The van der Waals surface area contributed by atoms with E-state index < -0.39 is 5.97 Å². The summed E-state index contributed by atoms with van der Waals surface area (Å²) in [7, 11) is 0. The Balaban J connectivity index is 2.22. The smallest absolute Gasteiger partial charge is 0.343 e. The Labute approximate surface area is 138 Å². The Bertz CT molecular complexity index is 949. The first-order valence-electron chi connectivity index (χ1n) is 7.77. The van der Waals surface area contributed by atoms with E-state index >= 15 is 0 Å². The molecule has 0 aliphatic heterocycles. The number of hydrogen-bond acceptors (Lipinski definition) is 5. The molecule has 3 aromatic heterocycles. The second kappa shape index (κ2) is 6.62. The van der Waals surface area contributed by atoms with Crippen LogP contribution in [-0.2, 0) is 11.3 Å². The van der Waals surface area contributed by atoms with Crippen molar-refractivity contribution in [2.45, 2.75) is 20.4 Å². The molecule has 0 unspecified atom stereocenters. The third-order valence-electron chi connectivity index (χ3n) is 3.73. The summed E-state index contributed by atoms with van der Waals surface area (Å²) in [6.07, 6.45) is 4.90. The Morgan fingerprint density at radius 1 is 1.17 bits per heavy atom. The fourth-order valence-electron chi connectivity index (χ4n) is 2.54. The summed E-state index contributed by atoms with van der Waals surface area (Å²) in [5, 5.41) is 0.403. The highest BCUT2D eigenvalue weighted by Gasteiger charge is 2.17. The van der Waals surface area contributed by atoms with Crippen LogP contribution in [-0.4, -0.2) is 27.1 Å². The zero-order chi connectivity index (χ0) is 17.1. The SMILES string of the molecule is CCOC(=O)c1cn(CC)c2nc(-c3ccncc3)ccc2c1=O. The van der Waals surface area contributed by atoms with E-state index in [0.717, 1.165) is 11.3 Å². The lowest BCUT2D eigenvalue weighted by Crippen LogP contribution is -2.21. The van der Waals surface area contributed by atoms with Crippen molar-refractivity contribution >= 4 is 17.0 Å². The number of carbonyl (C=O) groups is 1. The number of carbonyl (C=O) groups excluding carboxylic acids is 1. The second-order valence-corrected chi connectivity index (χ2v) is 5.18. The summed E-state index contributed by atoms with van der Waals surface area (Å²) in [6, 6.07) is 7.19. The van der Waals surface area contributed by atoms with Crippen molar-refractivity contribution in [2.75, 3.05) is 6.61 Å². The molecular formula is C18H17N3O3. The standard InChI is InChI=1S/C18H17N3O3/c1-3-21-11-14(18(23)24-4-2)16(22)13-5-6-15(20-17(13)21)12-7-9-19-10-8-12/h5-11H,3-4H2,1-2H3. The quantitative estimate of drug-likeness (QED) is 0.690. The molecule has 24 heavy (non-hydrogen) atoms. The van der Waals surface area contributed by atoms with Crippen molar-refractivity contribution in [3.8, 4) is 11.3 Å². The van der Waals surface area contributed by atoms with Crippen molar-refractivity contribution in [2.24, 2.45) is 0 Å². The molecule has 6 nitrogen and oxygen atoms in total. The van der Waals surface area contributed by atoms with Crippen molar-refractivity contribution in [1.82, 2.24) is 14.5 Å². The minimum Gasteiger partial charge on any atom is -0.462 e. The van der Waals surface area contributed by atoms with Crippen LogP contribution in [0.4, 0.5) is 0 Å². The van der Waals surface area contributed by atoms with E-state index in [-0.39, 0.29) is 17.6 Å². The van der Waals surface area contributed by atoms with Crippen LogP contribution in [0, 0.1) is 0 Å². The monoisotopic (exact) mass is 323 g/mol. The lowest BCUT2D eigenvalue weighted by atomic mass is 10.1. The van der Waals surface area contributed by atoms with Gasteiger partial charge in [0, 0.05) is 30.7 Å². The normalized spacial score (nSPS) is 10.8. The molecule has 0 saturated heterocycles. The van der Waals surface area contributed by atoms with Gasteiger partial charge in [0.1, 0.15) is 11.2 Å². The van der Waals surface area contributed by atoms with E-state index in [2.05, 4.69) is 9.97 Å². The molecule has 0 aliphatic carbocycles. The first-order valence-corrected chi connectivity index (χ1v) is 7.77. The van der Waals surface area contributed by atoms with Gasteiger partial charge < -0.3 is 9.30 Å². The van der Waals surface area contributed by atoms with Crippen LogP contribution in [0.5, 0.6) is 0 Å². The largest absolute Gasteiger partial charge is 0.462 e. The summed E-state index contributed by atoms with van der Waals surface area (Å²) in [4.78, 5) is 33.2. The number of hydrogen-bond donors (Lipinski definition) is 0. The Kier molecular flexibility index (Phi) is 4.37. The predicted octanol–water partition coefficient (Wildman–Crippen LogP) is 2.66. The van der Waals surface area contributed by atoms with Gasteiger partial charge in [0.25, 0.3) is 0 Å². The molecule has 0 atom stereocenters. The van der Waals surface area contributed by atoms with Gasteiger partial charge in [-0.3, -0.25) is 9.78 Å². The van der Waals surface area contributed by atoms with Crippen LogP contribution < -0.4 is 5.43 Å². The molecule has 0 N–H and O–H groups in total. The Morgan fingerprint density at radius 3 is 2.58 bits per heavy atom. The molecule has 3 aromatic rings. The third-order valence-corrected chi connectivity index (χ3v) is 3.73. The molecule has 0 spiro atoms. The second-order valence-electron chi connectivity index (χ2n) is 5.18. The number of nitrogens with zero attached hydrogens (tertiary/aromatic N) is 3. The molecular weight excluding hydrogens is 306 g/mol. The molecule has 0 bridgehead atoms. The van der Waals surface area contributed by atoms with Crippen LogP contribution >= 0.6 is 0 Å². The van der Waals surface area contributed by atoms with Crippen molar-refractivity contribution < 1.29 is 9.53 Å². The lowest BCUT2D eigenvalue weighted by Gasteiger charge is -2.11. The van der Waals surface area contributed by atoms with E-state index in [1.54, 1.807) is 36.0 Å². The minimum atomic E-state index is -0.607. The molecule has 3 heterocycles. The summed E-state index contributed by atoms with van der Waals surface area (Å²) in [5.74, 6) is -0.607. The summed E-state index contributed by atoms with van der Waals surface area (Å²) in [5.41, 5.74) is 1.88. The van der Waals surface area contributed by atoms with Crippen LogP contribution in [0.1, 0.15) is 24.2 Å². The molecule has 122 valence electrons. The number of esters is 1. The number of ether oxygens (including phenoxy) is 1. The van der Waals surface area contributed by atoms with Gasteiger partial charge in [-0.25, -0.2) is 9.78 Å². The summed E-state index contributed by atoms with van der Waals surface area (Å²) >= 11 is 0. The molecule has 0 aromatic carbocycles. The number of rotatable bonds is 4. The van der Waals surface area contributed by atoms with Crippen molar-refractivity contribution in [3.63, 3.8) is 0 Å². The highest BCUT2D eigenvalue weighted by atomic mass is 16.5. The predicted molar refractivity (Wildman–Crippen MR) is 90.9 cm³/mol. The fraction of sp³-hybridized carbons (Fsp3) is 0.222. The summed E-state index contributed by atoms with van der Waals surface area (Å²) in [6.45, 7) is 4.44. The highest BCUT2D eigenvalue weighted by Crippen LogP contribution is 2.19. The van der Waals surface area contributed by atoms with E-state index in [1.807, 2.05) is 19.1 Å². The lowest BCUT2D eigenvalue weighted by molar-refractivity contribution is 0.0524. The highest BCUT2D eigenvalue weighted by molar-refractivity contribution is 5.93. The maximum absolute atomic E-state index is 12.6. The van der Waals surface area contributed by atoms with E-state index in [0.29, 0.717) is 17.6 Å². The molecule has 0 fully saturated rings. The molecule has 0 amide bonds. The minimum absolute atomic E-state index is 0.0321. The van der Waals surface area contributed by atoms with Gasteiger partial charge in [-0.1, -0.05) is 0 Å². The average molecular weight is 323 g/mol. The van der Waals surface area contributed by atoms with Crippen LogP contribution in [0.3, 0.4) is 0 Å². The average Bonchev–Trinajstić information content (AvgIpc) is 2.62. The molecule has 0 radical (unpaired) electrons. The maximum atomic E-state index is 12.6. The van der Waals surface area contributed by atoms with Crippen LogP contribution in [0.2, 0.25) is 0 Å². The van der Waals surface area contributed by atoms with E-state index in [9.17, 15) is 9.59 Å². The Hall–Kier alpha value is -3.02. The van der Waals surface area contributed by atoms with Crippen molar-refractivity contribution in [1.29, 1.82) is 0 Å². The number of aryl methyl sites for hydroxylation is 1. The van der Waals surface area contributed by atoms with Gasteiger partial charge in [-0.05, 0) is 38.1 Å². The Morgan fingerprint density at radius 2 is 1.92 bits per heavy atom. The first-order chi connectivity index (χ1) is 11.7. The maximum Gasteiger partial charge on any atom is 0.343 e. The van der Waals surface area contributed by atoms with E-state index in [4.69, 9.17) is 4.74 Å². The van der Waals surface area contributed by atoms with Crippen LogP contribution in [0.15, 0.2) is 47.7 Å². The topological polar surface area (TPSA) is 74.1 Å². The zero-order valence-electron chi connectivity index (χ0n) is 13.5. The van der Waals surface area contributed by atoms with Gasteiger partial charge in [0.05, 0.1) is 17.7 Å². The van der Waals surface area contributed by atoms with Gasteiger partial charge in [0.2, 0.25) is 5.43 Å². The number of fused-ring (bicyclic) bond motifs is 1. The van der Waals surface area contributed by atoms with Gasteiger partial charge >= 0.3 is 5.97 Å². The first kappa shape index (κ1) is 15.9. The molecule has 0 saturated carbocycles. The molecule has 0 aliphatic rings. The van der Waals surface area contributed by atoms with Crippen LogP contribution in [0.25, 0.3) is 22.3 Å². The fourth-order valence-corrected chi connectivity index (χ4v) is 2.54. The molecule has 6 heteroatoms. The molecule has 3 rings (SSSR count). The third kappa shape index (κ3) is 2.78. The number of aromatic nitrogens is 3. The summed E-state index contributed by atoms with van der Waals surface area (Å²) < 4.78 is 6.76. The van der Waals surface area contributed by atoms with Gasteiger partial charge in [-0.15, -0.1) is 0 Å². The van der Waals surface area contributed by atoms with Crippen molar-refractivity contribution in [3.05, 3.63) is 58.6 Å². The zero-order valence-corrected chi connectivity index (χ0v) is 13.5. The van der Waals surface area contributed by atoms with E-state index in [1.165, 1.54) is 6.20 Å². The van der Waals surface area contributed by atoms with Gasteiger partial charge in [0.15, 0.2) is 0 Å². The number of pyridine rings is 3.